The lowest BCUT2D eigenvalue weighted by molar-refractivity contribution is -0.00136. The molecule has 0 unspecified atom stereocenters. The number of aryl methyl sites for hydroxylation is 1. The van der Waals surface area contributed by atoms with Crippen molar-refractivity contribution in [2.75, 3.05) is 11.9 Å². The fourth-order valence-corrected chi connectivity index (χ4v) is 3.37. The van der Waals surface area contributed by atoms with Crippen LogP contribution in [0.15, 0.2) is 55.0 Å². The molecule has 0 aliphatic carbocycles. The number of nitrogens with one attached hydrogen (secondary N) is 1. The van der Waals surface area contributed by atoms with Gasteiger partial charge in [0.25, 0.3) is 0 Å². The molecule has 2 atom stereocenters. The van der Waals surface area contributed by atoms with Crippen LogP contribution in [-0.2, 0) is 18.2 Å². The molecule has 3 aromatic rings. The lowest BCUT2D eigenvalue weighted by atomic mass is 10.0. The molecule has 1 aliphatic rings. The lowest BCUT2D eigenvalue weighted by Gasteiger charge is -2.32. The fraction of sp³-hybridized carbons (Fsp3) is 0.350. The fourth-order valence-electron chi connectivity index (χ4n) is 3.37. The quantitative estimate of drug-likeness (QED) is 0.767. The topological polar surface area (TPSA) is 64.9 Å². The molecule has 1 saturated heterocycles. The number of imidazole rings is 1. The van der Waals surface area contributed by atoms with E-state index >= 15 is 0 Å². The molecule has 6 nitrogen and oxygen atoms in total. The highest BCUT2D eigenvalue weighted by Gasteiger charge is 2.30. The molecule has 0 radical (unpaired) electrons. The molecule has 1 fully saturated rings. The third-order valence-corrected chi connectivity index (χ3v) is 4.68. The molecule has 1 aromatic carbocycles. The maximum atomic E-state index is 6.02. The third kappa shape index (κ3) is 3.75. The second-order valence-corrected chi connectivity index (χ2v) is 6.60. The van der Waals surface area contributed by atoms with Crippen LogP contribution in [0.3, 0.4) is 0 Å². The first-order chi connectivity index (χ1) is 12.8. The van der Waals surface area contributed by atoms with E-state index in [-0.39, 0.29) is 12.1 Å². The Kier molecular flexibility index (Phi) is 4.93. The smallest absolute Gasteiger partial charge is 0.139 e. The number of aromatic nitrogens is 4. The summed E-state index contributed by atoms with van der Waals surface area (Å²) < 4.78 is 8.04. The Morgan fingerprint density at radius 2 is 2.04 bits per heavy atom. The Morgan fingerprint density at radius 3 is 2.85 bits per heavy atom. The van der Waals surface area contributed by atoms with Gasteiger partial charge in [0.2, 0.25) is 0 Å². The average Bonchev–Trinajstić information content (AvgIpc) is 3.09. The second-order valence-electron chi connectivity index (χ2n) is 6.60. The minimum absolute atomic E-state index is 0.0729. The van der Waals surface area contributed by atoms with E-state index in [1.54, 1.807) is 0 Å². The van der Waals surface area contributed by atoms with Crippen LogP contribution in [0.25, 0.3) is 0 Å². The average molecular weight is 349 g/mol. The highest BCUT2D eigenvalue weighted by atomic mass is 16.5. The zero-order valence-corrected chi connectivity index (χ0v) is 14.9. The SMILES string of the molecule is Cn1ccnc1[C@H]1OCCC[C@@H]1Nc1ccnc(Cc2ccccc2)n1. The number of rotatable bonds is 5. The van der Waals surface area contributed by atoms with Crippen LogP contribution >= 0.6 is 0 Å². The van der Waals surface area contributed by atoms with Gasteiger partial charge in [-0.05, 0) is 24.5 Å². The standard InChI is InChI=1S/C20H23N5O/c1-25-12-11-22-20(25)19-16(8-5-13-26-19)23-17-9-10-21-18(24-17)14-15-6-3-2-4-7-15/h2-4,6-7,9-12,16,19H,5,8,13-14H2,1H3,(H,21,23,24)/t16-,19-/m0/s1. The van der Waals surface area contributed by atoms with Gasteiger partial charge in [0.1, 0.15) is 23.6 Å². The first kappa shape index (κ1) is 16.7. The molecule has 1 N–H and O–H groups in total. The van der Waals surface area contributed by atoms with Crippen molar-refractivity contribution in [3.05, 3.63) is 72.2 Å². The highest BCUT2D eigenvalue weighted by molar-refractivity contribution is 5.36. The number of anilines is 1. The van der Waals surface area contributed by atoms with Crippen LogP contribution in [0.4, 0.5) is 5.82 Å². The van der Waals surface area contributed by atoms with Gasteiger partial charge in [0.15, 0.2) is 0 Å². The largest absolute Gasteiger partial charge is 0.368 e. The van der Waals surface area contributed by atoms with Gasteiger partial charge in [0.05, 0.1) is 6.04 Å². The molecule has 0 saturated carbocycles. The molecule has 4 rings (SSSR count). The molecule has 1 aliphatic heterocycles. The summed E-state index contributed by atoms with van der Waals surface area (Å²) in [6, 6.07) is 12.3. The van der Waals surface area contributed by atoms with Gasteiger partial charge >= 0.3 is 0 Å². The summed E-state index contributed by atoms with van der Waals surface area (Å²) >= 11 is 0. The van der Waals surface area contributed by atoms with Gasteiger partial charge in [-0.3, -0.25) is 0 Å². The Balaban J connectivity index is 1.50. The predicted octanol–water partition coefficient (Wildman–Crippen LogP) is 3.13. The summed E-state index contributed by atoms with van der Waals surface area (Å²) in [5, 5.41) is 3.54. The molecular formula is C20H23N5O. The van der Waals surface area contributed by atoms with Gasteiger partial charge in [-0.15, -0.1) is 0 Å². The van der Waals surface area contributed by atoms with Crippen molar-refractivity contribution in [2.24, 2.45) is 7.05 Å². The van der Waals surface area contributed by atoms with E-state index < -0.39 is 0 Å². The first-order valence-corrected chi connectivity index (χ1v) is 9.01. The second kappa shape index (κ2) is 7.66. The van der Waals surface area contributed by atoms with Crippen molar-refractivity contribution in [3.8, 4) is 0 Å². The van der Waals surface area contributed by atoms with Gasteiger partial charge in [-0.2, -0.15) is 0 Å². The van der Waals surface area contributed by atoms with E-state index in [0.29, 0.717) is 0 Å². The Labute approximate surface area is 153 Å². The van der Waals surface area contributed by atoms with Crippen LogP contribution in [0.1, 0.15) is 36.2 Å². The van der Waals surface area contributed by atoms with E-state index in [1.165, 1.54) is 5.56 Å². The van der Waals surface area contributed by atoms with Gasteiger partial charge < -0.3 is 14.6 Å². The molecule has 0 spiro atoms. The lowest BCUT2D eigenvalue weighted by Crippen LogP contribution is -2.35. The molecule has 6 heteroatoms. The van der Waals surface area contributed by atoms with Crippen molar-refractivity contribution < 1.29 is 4.74 Å². The number of hydrogen-bond acceptors (Lipinski definition) is 5. The Hall–Kier alpha value is -2.73. The predicted molar refractivity (Wildman–Crippen MR) is 99.8 cm³/mol. The van der Waals surface area contributed by atoms with E-state index in [4.69, 9.17) is 9.72 Å². The van der Waals surface area contributed by atoms with Crippen LogP contribution in [0, 0.1) is 0 Å². The summed E-state index contributed by atoms with van der Waals surface area (Å²) in [6.45, 7) is 0.763. The van der Waals surface area contributed by atoms with Crippen LogP contribution in [-0.4, -0.2) is 32.2 Å². The van der Waals surface area contributed by atoms with Crippen molar-refractivity contribution >= 4 is 5.82 Å². The van der Waals surface area contributed by atoms with Crippen molar-refractivity contribution in [1.29, 1.82) is 0 Å². The summed E-state index contributed by atoms with van der Waals surface area (Å²) in [5.74, 6) is 2.59. The monoisotopic (exact) mass is 349 g/mol. The number of nitrogens with zero attached hydrogens (tertiary/aromatic N) is 4. The van der Waals surface area contributed by atoms with Crippen LogP contribution in [0.2, 0.25) is 0 Å². The normalized spacial score (nSPS) is 20.0. The summed E-state index contributed by atoms with van der Waals surface area (Å²) in [5.41, 5.74) is 1.21. The zero-order valence-electron chi connectivity index (χ0n) is 14.9. The van der Waals surface area contributed by atoms with E-state index in [0.717, 1.165) is 43.3 Å². The van der Waals surface area contributed by atoms with Crippen LogP contribution < -0.4 is 5.32 Å². The molecule has 134 valence electrons. The highest BCUT2D eigenvalue weighted by Crippen LogP contribution is 2.29. The van der Waals surface area contributed by atoms with E-state index in [2.05, 4.69) is 27.4 Å². The van der Waals surface area contributed by atoms with Crippen molar-refractivity contribution in [1.82, 2.24) is 19.5 Å². The maximum absolute atomic E-state index is 6.02. The van der Waals surface area contributed by atoms with Crippen LogP contribution in [0.5, 0.6) is 0 Å². The number of benzene rings is 1. The number of hydrogen-bond donors (Lipinski definition) is 1. The summed E-state index contributed by atoms with van der Waals surface area (Å²) in [7, 11) is 2.00. The molecule has 26 heavy (non-hydrogen) atoms. The van der Waals surface area contributed by atoms with E-state index in [9.17, 15) is 0 Å². The van der Waals surface area contributed by atoms with Crippen molar-refractivity contribution in [3.63, 3.8) is 0 Å². The maximum Gasteiger partial charge on any atom is 0.139 e. The van der Waals surface area contributed by atoms with Crippen molar-refractivity contribution in [2.45, 2.75) is 31.4 Å². The Morgan fingerprint density at radius 1 is 1.15 bits per heavy atom. The van der Waals surface area contributed by atoms with Gasteiger partial charge in [-0.1, -0.05) is 30.3 Å². The molecule has 2 aromatic heterocycles. The minimum atomic E-state index is -0.0729. The molecule has 0 amide bonds. The first-order valence-electron chi connectivity index (χ1n) is 9.01. The van der Waals surface area contributed by atoms with Gasteiger partial charge in [-0.25, -0.2) is 15.0 Å². The minimum Gasteiger partial charge on any atom is -0.368 e. The third-order valence-electron chi connectivity index (χ3n) is 4.68. The van der Waals surface area contributed by atoms with E-state index in [1.807, 2.05) is 54.5 Å². The molecule has 3 heterocycles. The molecule has 0 bridgehead atoms. The summed E-state index contributed by atoms with van der Waals surface area (Å²) in [6.07, 6.45) is 8.28. The number of ether oxygens (including phenoxy) is 1. The zero-order chi connectivity index (χ0) is 17.8. The Bertz CT molecular complexity index is 848. The van der Waals surface area contributed by atoms with Gasteiger partial charge in [0, 0.05) is 38.7 Å². The molecular weight excluding hydrogens is 326 g/mol. The summed E-state index contributed by atoms with van der Waals surface area (Å²) in [4.78, 5) is 13.6.